The van der Waals surface area contributed by atoms with E-state index in [1.807, 2.05) is 18.2 Å². The Kier molecular flexibility index (Phi) is 5.40. The fourth-order valence-electron chi connectivity index (χ4n) is 2.05. The molecule has 26 heavy (non-hydrogen) atoms. The van der Waals surface area contributed by atoms with Crippen molar-refractivity contribution in [1.29, 1.82) is 0 Å². The van der Waals surface area contributed by atoms with Crippen LogP contribution in [0.15, 0.2) is 54.6 Å². The third-order valence-electron chi connectivity index (χ3n) is 3.31. The third-order valence-corrected chi connectivity index (χ3v) is 4.66. The Balaban J connectivity index is 1.73. The van der Waals surface area contributed by atoms with Gasteiger partial charge in [-0.2, -0.15) is 0 Å². The number of halogens is 1. The summed E-state index contributed by atoms with van der Waals surface area (Å²) in [6.07, 6.45) is 1.63. The van der Waals surface area contributed by atoms with Crippen molar-refractivity contribution >= 4 is 51.6 Å². The lowest BCUT2D eigenvalue weighted by molar-refractivity contribution is 0.0696. The average Bonchev–Trinajstić information content (AvgIpc) is 3.13. The summed E-state index contributed by atoms with van der Waals surface area (Å²) in [4.78, 5) is 23.0. The molecule has 0 unspecified atom stereocenters. The van der Waals surface area contributed by atoms with Crippen LogP contribution < -0.4 is 5.32 Å². The van der Waals surface area contributed by atoms with Crippen LogP contribution in [-0.2, 0) is 0 Å². The molecule has 2 aromatic carbocycles. The first-order valence-corrected chi connectivity index (χ1v) is 8.63. The van der Waals surface area contributed by atoms with E-state index in [0.717, 1.165) is 11.3 Å². The molecule has 8 heteroatoms. The highest BCUT2D eigenvalue weighted by atomic mass is 35.5. The molecule has 0 saturated carbocycles. The van der Waals surface area contributed by atoms with E-state index in [0.29, 0.717) is 21.3 Å². The molecule has 0 radical (unpaired) electrons. The number of aromatic nitrogens is 2. The van der Waals surface area contributed by atoms with Crippen molar-refractivity contribution in [3.05, 3.63) is 75.7 Å². The molecule has 3 rings (SSSR count). The Morgan fingerprint density at radius 1 is 1.00 bits per heavy atom. The number of amides is 1. The van der Waals surface area contributed by atoms with Crippen LogP contribution in [0.3, 0.4) is 0 Å². The molecule has 2 N–H and O–H groups in total. The van der Waals surface area contributed by atoms with Crippen LogP contribution in [0.25, 0.3) is 11.1 Å². The number of hydrogen-bond donors (Lipinski definition) is 2. The number of carbonyl (C=O) groups is 2. The molecule has 1 amide bonds. The van der Waals surface area contributed by atoms with E-state index in [9.17, 15) is 9.59 Å². The SMILES string of the molecule is O=C(O)c1ccc(/C=C(\Cl)c2nnc(C(=O)Nc3ccccc3)s2)cc1. The zero-order chi connectivity index (χ0) is 18.5. The van der Waals surface area contributed by atoms with E-state index in [1.165, 1.54) is 12.1 Å². The van der Waals surface area contributed by atoms with Crippen molar-refractivity contribution in [2.75, 3.05) is 5.32 Å². The second-order valence-electron chi connectivity index (χ2n) is 5.15. The fourth-order valence-corrected chi connectivity index (χ4v) is 2.97. The summed E-state index contributed by atoms with van der Waals surface area (Å²) in [6, 6.07) is 15.3. The van der Waals surface area contributed by atoms with Crippen LogP contribution in [-0.4, -0.2) is 27.2 Å². The topological polar surface area (TPSA) is 92.2 Å². The quantitative estimate of drug-likeness (QED) is 0.685. The first-order chi connectivity index (χ1) is 12.5. The zero-order valence-electron chi connectivity index (χ0n) is 13.2. The summed E-state index contributed by atoms with van der Waals surface area (Å²) < 4.78 is 0. The number of aromatic carboxylic acids is 1. The number of hydrogen-bond acceptors (Lipinski definition) is 5. The number of para-hydroxylation sites is 1. The van der Waals surface area contributed by atoms with Crippen LogP contribution in [0.2, 0.25) is 0 Å². The highest BCUT2D eigenvalue weighted by molar-refractivity contribution is 7.15. The van der Waals surface area contributed by atoms with Crippen LogP contribution in [0.1, 0.15) is 30.7 Å². The van der Waals surface area contributed by atoms with Gasteiger partial charge in [0.15, 0.2) is 5.01 Å². The van der Waals surface area contributed by atoms with Crippen molar-refractivity contribution in [1.82, 2.24) is 10.2 Å². The predicted molar refractivity (Wildman–Crippen MR) is 101 cm³/mol. The summed E-state index contributed by atoms with van der Waals surface area (Å²) in [7, 11) is 0. The molecular weight excluding hydrogens is 374 g/mol. The van der Waals surface area contributed by atoms with Gasteiger partial charge in [-0.25, -0.2) is 4.79 Å². The van der Waals surface area contributed by atoms with Gasteiger partial charge in [0.25, 0.3) is 5.91 Å². The lowest BCUT2D eigenvalue weighted by atomic mass is 10.1. The highest BCUT2D eigenvalue weighted by Crippen LogP contribution is 2.26. The van der Waals surface area contributed by atoms with E-state index in [2.05, 4.69) is 15.5 Å². The van der Waals surface area contributed by atoms with Gasteiger partial charge in [-0.3, -0.25) is 4.79 Å². The van der Waals surface area contributed by atoms with Crippen molar-refractivity contribution in [2.24, 2.45) is 0 Å². The maximum Gasteiger partial charge on any atom is 0.335 e. The summed E-state index contributed by atoms with van der Waals surface area (Å²) in [6.45, 7) is 0. The first kappa shape index (κ1) is 17.8. The average molecular weight is 386 g/mol. The molecular formula is C18H12ClN3O3S. The normalized spacial score (nSPS) is 11.2. The van der Waals surface area contributed by atoms with Crippen molar-refractivity contribution in [3.8, 4) is 0 Å². The molecule has 0 aliphatic rings. The van der Waals surface area contributed by atoms with Gasteiger partial charge in [-0.15, -0.1) is 10.2 Å². The van der Waals surface area contributed by atoms with Crippen LogP contribution >= 0.6 is 22.9 Å². The molecule has 3 aromatic rings. The van der Waals surface area contributed by atoms with Gasteiger partial charge >= 0.3 is 5.97 Å². The smallest absolute Gasteiger partial charge is 0.335 e. The molecule has 1 heterocycles. The minimum absolute atomic E-state index is 0.189. The van der Waals surface area contributed by atoms with Gasteiger partial charge in [0, 0.05) is 5.69 Å². The van der Waals surface area contributed by atoms with Gasteiger partial charge in [-0.1, -0.05) is 53.3 Å². The number of carboxylic acids is 1. The molecule has 0 fully saturated rings. The first-order valence-electron chi connectivity index (χ1n) is 7.44. The fraction of sp³-hybridized carbons (Fsp3) is 0. The van der Waals surface area contributed by atoms with E-state index in [4.69, 9.17) is 16.7 Å². The van der Waals surface area contributed by atoms with Gasteiger partial charge in [0.1, 0.15) is 0 Å². The molecule has 0 aliphatic heterocycles. The second kappa shape index (κ2) is 7.90. The number of carboxylic acid groups (broad SMARTS) is 1. The molecule has 0 atom stereocenters. The third kappa shape index (κ3) is 4.33. The Hall–Kier alpha value is -3.03. The maximum absolute atomic E-state index is 12.2. The predicted octanol–water partition coefficient (Wildman–Crippen LogP) is 4.23. The van der Waals surface area contributed by atoms with Crippen molar-refractivity contribution in [2.45, 2.75) is 0 Å². The van der Waals surface area contributed by atoms with Crippen LogP contribution in [0.5, 0.6) is 0 Å². The number of nitrogens with one attached hydrogen (secondary N) is 1. The van der Waals surface area contributed by atoms with E-state index < -0.39 is 5.97 Å². The molecule has 0 aliphatic carbocycles. The van der Waals surface area contributed by atoms with Crippen LogP contribution in [0, 0.1) is 0 Å². The largest absolute Gasteiger partial charge is 0.478 e. The monoisotopic (exact) mass is 385 g/mol. The Labute approximate surface area is 157 Å². The standard InChI is InChI=1S/C18H12ClN3O3S/c19-14(10-11-6-8-12(9-7-11)18(24)25)16-21-22-17(26-16)15(23)20-13-4-2-1-3-5-13/h1-10H,(H,20,23)(H,24,25)/b14-10-. The minimum atomic E-state index is -0.996. The summed E-state index contributed by atoms with van der Waals surface area (Å²) in [5.74, 6) is -1.36. The maximum atomic E-state index is 12.2. The van der Waals surface area contributed by atoms with Crippen LogP contribution in [0.4, 0.5) is 5.69 Å². The Bertz CT molecular complexity index is 969. The minimum Gasteiger partial charge on any atom is -0.478 e. The van der Waals surface area contributed by atoms with E-state index in [1.54, 1.807) is 30.3 Å². The summed E-state index contributed by atoms with van der Waals surface area (Å²) >= 11 is 7.31. The second-order valence-corrected chi connectivity index (χ2v) is 6.54. The number of carbonyl (C=O) groups excluding carboxylic acids is 1. The van der Waals surface area contributed by atoms with E-state index in [-0.39, 0.29) is 16.5 Å². The molecule has 0 spiro atoms. The number of rotatable bonds is 5. The lowest BCUT2D eigenvalue weighted by Gasteiger charge is -2.00. The summed E-state index contributed by atoms with van der Waals surface area (Å²) in [5, 5.41) is 20.3. The van der Waals surface area contributed by atoms with Gasteiger partial charge in [0.05, 0.1) is 10.6 Å². The molecule has 6 nitrogen and oxygen atoms in total. The zero-order valence-corrected chi connectivity index (χ0v) is 14.8. The molecule has 130 valence electrons. The van der Waals surface area contributed by atoms with Crippen molar-refractivity contribution in [3.63, 3.8) is 0 Å². The van der Waals surface area contributed by atoms with Gasteiger partial charge in [0.2, 0.25) is 5.01 Å². The molecule has 0 saturated heterocycles. The summed E-state index contributed by atoms with van der Waals surface area (Å²) in [5.41, 5.74) is 1.56. The lowest BCUT2D eigenvalue weighted by Crippen LogP contribution is -2.11. The van der Waals surface area contributed by atoms with E-state index >= 15 is 0 Å². The van der Waals surface area contributed by atoms with Gasteiger partial charge < -0.3 is 10.4 Å². The number of benzene rings is 2. The molecule has 1 aromatic heterocycles. The van der Waals surface area contributed by atoms with Gasteiger partial charge in [-0.05, 0) is 35.9 Å². The Morgan fingerprint density at radius 3 is 2.31 bits per heavy atom. The highest BCUT2D eigenvalue weighted by Gasteiger charge is 2.14. The molecule has 0 bridgehead atoms. The van der Waals surface area contributed by atoms with Crippen molar-refractivity contribution < 1.29 is 14.7 Å². The number of anilines is 1. The number of nitrogens with zero attached hydrogens (tertiary/aromatic N) is 2. The Morgan fingerprint density at radius 2 is 1.65 bits per heavy atom.